The molecule has 1 spiro atoms. The van der Waals surface area contributed by atoms with Crippen molar-refractivity contribution < 1.29 is 4.79 Å². The Bertz CT molecular complexity index is 350. The molecule has 2 aliphatic heterocycles. The van der Waals surface area contributed by atoms with Crippen molar-refractivity contribution in [3.63, 3.8) is 0 Å². The van der Waals surface area contributed by atoms with Crippen LogP contribution in [-0.4, -0.2) is 36.0 Å². The summed E-state index contributed by atoms with van der Waals surface area (Å²) in [5.74, 6) is 0.927. The predicted octanol–water partition coefficient (Wildman–Crippen LogP) is 2.27. The van der Waals surface area contributed by atoms with Crippen molar-refractivity contribution in [2.24, 2.45) is 16.7 Å². The first-order chi connectivity index (χ1) is 8.08. The summed E-state index contributed by atoms with van der Waals surface area (Å²) in [7, 11) is 0. The molecule has 1 N–H and O–H groups in total. The summed E-state index contributed by atoms with van der Waals surface area (Å²) in [6.45, 7) is 16.0. The van der Waals surface area contributed by atoms with Gasteiger partial charge in [0.25, 0.3) is 0 Å². The van der Waals surface area contributed by atoms with Crippen LogP contribution in [-0.2, 0) is 4.79 Å². The van der Waals surface area contributed by atoms with E-state index >= 15 is 0 Å². The summed E-state index contributed by atoms with van der Waals surface area (Å²) in [5, 5.41) is 3.41. The first kappa shape index (κ1) is 13.9. The number of hydrogen-bond acceptors (Lipinski definition) is 2. The molecule has 0 aromatic rings. The monoisotopic (exact) mass is 252 g/mol. The van der Waals surface area contributed by atoms with Crippen LogP contribution in [0.2, 0.25) is 0 Å². The average Bonchev–Trinajstić information content (AvgIpc) is 2.19. The van der Waals surface area contributed by atoms with Gasteiger partial charge in [-0.1, -0.05) is 20.8 Å². The lowest BCUT2D eigenvalue weighted by Crippen LogP contribution is -2.63. The Balaban J connectivity index is 2.37. The van der Waals surface area contributed by atoms with Crippen molar-refractivity contribution >= 4 is 5.91 Å². The molecule has 1 amide bonds. The van der Waals surface area contributed by atoms with Gasteiger partial charge < -0.3 is 10.2 Å². The number of nitrogens with one attached hydrogen (secondary N) is 1. The molecule has 0 aliphatic carbocycles. The summed E-state index contributed by atoms with van der Waals surface area (Å²) in [4.78, 5) is 14.9. The highest BCUT2D eigenvalue weighted by Gasteiger charge is 2.52. The van der Waals surface area contributed by atoms with Crippen LogP contribution in [0.5, 0.6) is 0 Å². The van der Waals surface area contributed by atoms with Crippen LogP contribution in [0.25, 0.3) is 0 Å². The molecule has 18 heavy (non-hydrogen) atoms. The van der Waals surface area contributed by atoms with Crippen LogP contribution in [0, 0.1) is 16.7 Å². The fraction of sp³-hybridized carbons (Fsp3) is 0.933. The summed E-state index contributed by atoms with van der Waals surface area (Å²) in [6.07, 6.45) is 1.00. The van der Waals surface area contributed by atoms with Crippen molar-refractivity contribution in [3.05, 3.63) is 0 Å². The van der Waals surface area contributed by atoms with Crippen LogP contribution < -0.4 is 5.32 Å². The maximum absolute atomic E-state index is 12.8. The average molecular weight is 252 g/mol. The quantitative estimate of drug-likeness (QED) is 0.717. The van der Waals surface area contributed by atoms with Crippen molar-refractivity contribution in [3.8, 4) is 0 Å². The molecule has 3 nitrogen and oxygen atoms in total. The third-order valence-corrected chi connectivity index (χ3v) is 4.92. The van der Waals surface area contributed by atoms with Gasteiger partial charge in [-0.3, -0.25) is 4.79 Å². The zero-order valence-corrected chi connectivity index (χ0v) is 12.8. The number of nitrogens with zero attached hydrogens (tertiary/aromatic N) is 1. The zero-order chi connectivity index (χ0) is 13.8. The standard InChI is InChI=1S/C15H28N2O/c1-11-7-14(5,6)12(18)17(13(2,3)4)10-15(11)8-16-9-15/h11,16H,7-10H2,1-6H3. The van der Waals surface area contributed by atoms with Gasteiger partial charge in [-0.2, -0.15) is 0 Å². The van der Waals surface area contributed by atoms with Gasteiger partial charge in [-0.15, -0.1) is 0 Å². The molecule has 2 aliphatic rings. The van der Waals surface area contributed by atoms with E-state index in [1.54, 1.807) is 0 Å². The lowest BCUT2D eigenvalue weighted by Gasteiger charge is -2.50. The highest BCUT2D eigenvalue weighted by atomic mass is 16.2. The van der Waals surface area contributed by atoms with Crippen molar-refractivity contribution in [1.82, 2.24) is 10.2 Å². The highest BCUT2D eigenvalue weighted by Crippen LogP contribution is 2.45. The van der Waals surface area contributed by atoms with Crippen molar-refractivity contribution in [1.29, 1.82) is 0 Å². The number of rotatable bonds is 0. The van der Waals surface area contributed by atoms with E-state index in [4.69, 9.17) is 0 Å². The van der Waals surface area contributed by atoms with Gasteiger partial charge in [0.15, 0.2) is 0 Å². The van der Waals surface area contributed by atoms with E-state index in [9.17, 15) is 4.79 Å². The van der Waals surface area contributed by atoms with Crippen molar-refractivity contribution in [2.75, 3.05) is 19.6 Å². The summed E-state index contributed by atoms with van der Waals surface area (Å²) in [5.41, 5.74) is -0.0104. The first-order valence-corrected chi connectivity index (χ1v) is 7.11. The normalized spacial score (nSPS) is 31.1. The summed E-state index contributed by atoms with van der Waals surface area (Å²) < 4.78 is 0. The minimum Gasteiger partial charge on any atom is -0.337 e. The Morgan fingerprint density at radius 2 is 1.83 bits per heavy atom. The molecule has 0 radical (unpaired) electrons. The lowest BCUT2D eigenvalue weighted by molar-refractivity contribution is -0.145. The maximum atomic E-state index is 12.8. The van der Waals surface area contributed by atoms with Crippen LogP contribution >= 0.6 is 0 Å². The molecule has 0 saturated carbocycles. The number of amides is 1. The minimum absolute atomic E-state index is 0.0823. The van der Waals surface area contributed by atoms with Crippen molar-refractivity contribution in [2.45, 2.75) is 53.5 Å². The van der Waals surface area contributed by atoms with Crippen LogP contribution in [0.15, 0.2) is 0 Å². The molecule has 2 saturated heterocycles. The smallest absolute Gasteiger partial charge is 0.228 e. The minimum atomic E-state index is -0.230. The Kier molecular flexibility index (Phi) is 3.05. The van der Waals surface area contributed by atoms with Crippen LogP contribution in [0.3, 0.4) is 0 Å². The van der Waals surface area contributed by atoms with Gasteiger partial charge in [-0.25, -0.2) is 0 Å². The van der Waals surface area contributed by atoms with Gasteiger partial charge in [0, 0.05) is 36.0 Å². The predicted molar refractivity (Wildman–Crippen MR) is 74.3 cm³/mol. The van der Waals surface area contributed by atoms with Crippen LogP contribution in [0.1, 0.15) is 48.0 Å². The van der Waals surface area contributed by atoms with E-state index < -0.39 is 0 Å². The Morgan fingerprint density at radius 3 is 2.22 bits per heavy atom. The van der Waals surface area contributed by atoms with E-state index in [1.165, 1.54) is 0 Å². The second-order valence-corrected chi connectivity index (χ2v) is 8.02. The largest absolute Gasteiger partial charge is 0.337 e. The van der Waals surface area contributed by atoms with E-state index in [-0.39, 0.29) is 11.0 Å². The third kappa shape index (κ3) is 2.07. The fourth-order valence-corrected chi connectivity index (χ4v) is 3.43. The molecule has 1 unspecified atom stereocenters. The van der Waals surface area contributed by atoms with Gasteiger partial charge in [0.05, 0.1) is 0 Å². The molecular formula is C15H28N2O. The number of carbonyl (C=O) groups excluding carboxylic acids is 1. The molecule has 0 aromatic heterocycles. The molecule has 2 fully saturated rings. The summed E-state index contributed by atoms with van der Waals surface area (Å²) in [6, 6.07) is 0. The molecule has 0 aromatic carbocycles. The molecule has 0 bridgehead atoms. The SMILES string of the molecule is CC1CC(C)(C)C(=O)N(C(C)(C)C)CC12CNC2. The molecule has 2 rings (SSSR count). The van der Waals surface area contributed by atoms with Gasteiger partial charge in [-0.05, 0) is 33.1 Å². The van der Waals surface area contributed by atoms with E-state index in [0.717, 1.165) is 26.1 Å². The molecule has 3 heteroatoms. The fourth-order valence-electron chi connectivity index (χ4n) is 3.43. The molecule has 2 heterocycles. The number of carbonyl (C=O) groups is 1. The number of likely N-dealkylation sites (tertiary alicyclic amines) is 1. The molecule has 104 valence electrons. The number of hydrogen-bond donors (Lipinski definition) is 1. The van der Waals surface area contributed by atoms with Gasteiger partial charge >= 0.3 is 0 Å². The molecule has 1 atom stereocenters. The second kappa shape index (κ2) is 3.96. The highest BCUT2D eigenvalue weighted by molar-refractivity contribution is 5.83. The van der Waals surface area contributed by atoms with Crippen LogP contribution in [0.4, 0.5) is 0 Å². The third-order valence-electron chi connectivity index (χ3n) is 4.92. The van der Waals surface area contributed by atoms with Gasteiger partial charge in [0.2, 0.25) is 5.91 Å². The first-order valence-electron chi connectivity index (χ1n) is 7.11. The van der Waals surface area contributed by atoms with E-state index in [1.807, 2.05) is 0 Å². The maximum Gasteiger partial charge on any atom is 0.228 e. The topological polar surface area (TPSA) is 32.3 Å². The van der Waals surface area contributed by atoms with Gasteiger partial charge in [0.1, 0.15) is 0 Å². The second-order valence-electron chi connectivity index (χ2n) is 8.02. The summed E-state index contributed by atoms with van der Waals surface area (Å²) >= 11 is 0. The Hall–Kier alpha value is -0.570. The molecular weight excluding hydrogens is 224 g/mol. The van der Waals surface area contributed by atoms with E-state index in [0.29, 0.717) is 17.2 Å². The Morgan fingerprint density at radius 1 is 1.28 bits per heavy atom. The Labute approximate surface area is 111 Å². The lowest BCUT2D eigenvalue weighted by atomic mass is 9.67. The van der Waals surface area contributed by atoms with E-state index in [2.05, 4.69) is 51.8 Å². The zero-order valence-electron chi connectivity index (χ0n) is 12.8.